The first-order valence-electron chi connectivity index (χ1n) is 5.86. The molecule has 2 rings (SSSR count). The summed E-state index contributed by atoms with van der Waals surface area (Å²) in [6.07, 6.45) is 0. The predicted molar refractivity (Wildman–Crippen MR) is 71.0 cm³/mol. The van der Waals surface area contributed by atoms with E-state index in [0.29, 0.717) is 5.56 Å². The van der Waals surface area contributed by atoms with Gasteiger partial charge in [0, 0.05) is 17.5 Å². The van der Waals surface area contributed by atoms with Gasteiger partial charge >= 0.3 is 17.5 Å². The zero-order chi connectivity index (χ0) is 15.6. The Hall–Kier alpha value is -3.10. The summed E-state index contributed by atoms with van der Waals surface area (Å²) in [6, 6.07) is 8.17. The molecule has 0 saturated heterocycles. The van der Waals surface area contributed by atoms with Crippen molar-refractivity contribution in [3.63, 3.8) is 0 Å². The average molecular weight is 290 g/mol. The Balaban J connectivity index is 2.43. The Bertz CT molecular complexity index is 723. The van der Waals surface area contributed by atoms with Crippen LogP contribution < -0.4 is 0 Å². The minimum absolute atomic E-state index is 0.0395. The Kier molecular flexibility index (Phi) is 3.74. The highest BCUT2D eigenvalue weighted by molar-refractivity contribution is 5.96. The number of benzene rings is 1. The third-order valence-electron chi connectivity index (χ3n) is 2.86. The summed E-state index contributed by atoms with van der Waals surface area (Å²) in [7, 11) is 0. The minimum atomic E-state index is -0.936. The molecule has 0 aliphatic carbocycles. The van der Waals surface area contributed by atoms with Crippen LogP contribution in [0, 0.1) is 27.2 Å². The van der Waals surface area contributed by atoms with Crippen molar-refractivity contribution in [2.75, 3.05) is 0 Å². The van der Waals surface area contributed by atoms with Gasteiger partial charge in [-0.25, -0.2) is 0 Å². The fraction of sp³-hybridized carbons (Fsp3) is 0.167. The molecule has 108 valence electrons. The normalized spacial score (nSPS) is 10.3. The summed E-state index contributed by atoms with van der Waals surface area (Å²) in [4.78, 5) is 35.6. The van der Waals surface area contributed by atoms with Crippen LogP contribution in [0.5, 0.6) is 0 Å². The Morgan fingerprint density at radius 3 is 2.33 bits per heavy atom. The van der Waals surface area contributed by atoms with Gasteiger partial charge in [0.1, 0.15) is 0 Å². The Labute approximate surface area is 118 Å². The number of hydrogen-bond donors (Lipinski definition) is 0. The molecule has 1 aromatic heterocycles. The van der Waals surface area contributed by atoms with Crippen molar-refractivity contribution in [3.8, 4) is 0 Å². The van der Waals surface area contributed by atoms with Gasteiger partial charge in [0.15, 0.2) is 6.54 Å². The average Bonchev–Trinajstić information content (AvgIpc) is 2.77. The fourth-order valence-corrected chi connectivity index (χ4v) is 1.89. The molecular formula is C12H10N4O5. The predicted octanol–water partition coefficient (Wildman–Crippen LogP) is 1.89. The van der Waals surface area contributed by atoms with E-state index < -0.39 is 27.3 Å². The maximum Gasteiger partial charge on any atom is 0.462 e. The highest BCUT2D eigenvalue weighted by Crippen LogP contribution is 2.27. The van der Waals surface area contributed by atoms with Crippen molar-refractivity contribution in [1.82, 2.24) is 9.55 Å². The lowest BCUT2D eigenvalue weighted by molar-refractivity contribution is -0.428. The molecule has 0 aliphatic heterocycles. The van der Waals surface area contributed by atoms with Crippen LogP contribution in [0.1, 0.15) is 16.2 Å². The summed E-state index contributed by atoms with van der Waals surface area (Å²) in [5, 5.41) is 21.8. The second kappa shape index (κ2) is 5.49. The van der Waals surface area contributed by atoms with E-state index in [2.05, 4.69) is 4.98 Å². The molecule has 1 aromatic carbocycles. The lowest BCUT2D eigenvalue weighted by Gasteiger charge is -2.01. The van der Waals surface area contributed by atoms with Crippen molar-refractivity contribution >= 4 is 17.4 Å². The van der Waals surface area contributed by atoms with Gasteiger partial charge in [0.25, 0.3) is 0 Å². The highest BCUT2D eigenvalue weighted by Gasteiger charge is 2.36. The van der Waals surface area contributed by atoms with Gasteiger partial charge in [-0.15, -0.1) is 0 Å². The van der Waals surface area contributed by atoms with Crippen LogP contribution in [-0.4, -0.2) is 25.2 Å². The molecule has 9 nitrogen and oxygen atoms in total. The number of nitro groups is 2. The van der Waals surface area contributed by atoms with Crippen LogP contribution in [0.15, 0.2) is 30.3 Å². The van der Waals surface area contributed by atoms with E-state index in [1.807, 2.05) is 0 Å². The van der Waals surface area contributed by atoms with Crippen LogP contribution in [0.3, 0.4) is 0 Å². The molecule has 0 fully saturated rings. The van der Waals surface area contributed by atoms with Crippen molar-refractivity contribution in [2.45, 2.75) is 13.5 Å². The highest BCUT2D eigenvalue weighted by atomic mass is 16.6. The Morgan fingerprint density at radius 1 is 1.19 bits per heavy atom. The Morgan fingerprint density at radius 2 is 1.81 bits per heavy atom. The molecule has 0 unspecified atom stereocenters. The summed E-state index contributed by atoms with van der Waals surface area (Å²) in [5.74, 6) is -2.01. The van der Waals surface area contributed by atoms with Gasteiger partial charge in [-0.3, -0.25) is 4.79 Å². The first-order chi connectivity index (χ1) is 9.91. The molecule has 0 saturated carbocycles. The van der Waals surface area contributed by atoms with E-state index in [1.165, 1.54) is 6.92 Å². The second-order valence-electron chi connectivity index (χ2n) is 4.20. The molecule has 0 bridgehead atoms. The van der Waals surface area contributed by atoms with Gasteiger partial charge in [0.05, 0.1) is 0 Å². The van der Waals surface area contributed by atoms with Crippen LogP contribution in [0.25, 0.3) is 0 Å². The van der Waals surface area contributed by atoms with Gasteiger partial charge < -0.3 is 20.2 Å². The number of rotatable bonds is 5. The lowest BCUT2D eigenvalue weighted by atomic mass is 10.1. The van der Waals surface area contributed by atoms with Crippen molar-refractivity contribution < 1.29 is 14.6 Å². The number of imidazole rings is 1. The monoisotopic (exact) mass is 290 g/mol. The number of hydrogen-bond acceptors (Lipinski definition) is 6. The third-order valence-corrected chi connectivity index (χ3v) is 2.86. The van der Waals surface area contributed by atoms with Gasteiger partial charge in [-0.05, 0) is 9.85 Å². The summed E-state index contributed by atoms with van der Waals surface area (Å²) >= 11 is 0. The first-order valence-corrected chi connectivity index (χ1v) is 5.86. The lowest BCUT2D eigenvalue weighted by Crippen LogP contribution is -2.14. The smallest absolute Gasteiger partial charge is 0.358 e. The zero-order valence-corrected chi connectivity index (χ0v) is 10.9. The van der Waals surface area contributed by atoms with E-state index in [9.17, 15) is 25.0 Å². The maximum atomic E-state index is 12.1. The number of ketones is 1. The largest absolute Gasteiger partial charge is 0.462 e. The molecule has 9 heteroatoms. The van der Waals surface area contributed by atoms with E-state index in [-0.39, 0.29) is 12.4 Å². The summed E-state index contributed by atoms with van der Waals surface area (Å²) in [5.41, 5.74) is 0.363. The number of aryl methyl sites for hydroxylation is 1. The third kappa shape index (κ3) is 2.76. The fourth-order valence-electron chi connectivity index (χ4n) is 1.89. The number of carbonyl (C=O) groups excluding carboxylic acids is 1. The molecule has 0 atom stereocenters. The van der Waals surface area contributed by atoms with E-state index in [1.54, 1.807) is 30.3 Å². The first kappa shape index (κ1) is 14.3. The number of Topliss-reactive ketones (excluding diaryl/α,β-unsaturated/α-hetero) is 1. The molecule has 21 heavy (non-hydrogen) atoms. The quantitative estimate of drug-likeness (QED) is 0.471. The standard InChI is InChI=1S/C12H10N4O5/c1-8-13-11(15(18)19)12(16(20)21)14(8)7-10(17)9-5-3-2-4-6-9/h2-6H,7H2,1H3. The van der Waals surface area contributed by atoms with Crippen LogP contribution in [0.4, 0.5) is 11.6 Å². The van der Waals surface area contributed by atoms with Crippen LogP contribution in [0.2, 0.25) is 0 Å². The molecule has 0 radical (unpaired) electrons. The molecule has 0 aliphatic rings. The number of carbonyl (C=O) groups is 1. The minimum Gasteiger partial charge on any atom is -0.358 e. The van der Waals surface area contributed by atoms with Gasteiger partial charge in [-0.2, -0.15) is 4.57 Å². The molecule has 0 spiro atoms. The summed E-state index contributed by atoms with van der Waals surface area (Å²) < 4.78 is 0.938. The zero-order valence-electron chi connectivity index (χ0n) is 10.9. The van der Waals surface area contributed by atoms with Crippen molar-refractivity contribution in [3.05, 3.63) is 61.9 Å². The maximum absolute atomic E-state index is 12.1. The van der Waals surface area contributed by atoms with Crippen molar-refractivity contribution in [1.29, 1.82) is 0 Å². The molecule has 0 N–H and O–H groups in total. The van der Waals surface area contributed by atoms with Gasteiger partial charge in [0.2, 0.25) is 5.78 Å². The van der Waals surface area contributed by atoms with Crippen LogP contribution in [-0.2, 0) is 6.54 Å². The molecule has 2 aromatic rings. The van der Waals surface area contributed by atoms with Crippen LogP contribution >= 0.6 is 0 Å². The molecular weight excluding hydrogens is 280 g/mol. The van der Waals surface area contributed by atoms with E-state index in [4.69, 9.17) is 0 Å². The van der Waals surface area contributed by atoms with E-state index in [0.717, 1.165) is 4.57 Å². The SMILES string of the molecule is Cc1nc([N+](=O)[O-])c([N+](=O)[O-])n1CC(=O)c1ccccc1. The van der Waals surface area contributed by atoms with Crippen molar-refractivity contribution in [2.24, 2.45) is 0 Å². The topological polar surface area (TPSA) is 121 Å². The molecule has 1 heterocycles. The second-order valence-corrected chi connectivity index (χ2v) is 4.20. The summed E-state index contributed by atoms with van der Waals surface area (Å²) in [6.45, 7) is 0.991. The van der Waals surface area contributed by atoms with E-state index >= 15 is 0 Å². The molecule has 0 amide bonds. The number of nitrogens with zero attached hydrogens (tertiary/aromatic N) is 4. The van der Waals surface area contributed by atoms with Gasteiger partial charge in [-0.1, -0.05) is 30.3 Å². The number of aromatic nitrogens is 2.